The molecule has 1 rings (SSSR count). The first-order valence-corrected chi connectivity index (χ1v) is 7.70. The molecule has 0 aromatic carbocycles. The Hall–Kier alpha value is -1.34. The fourth-order valence-corrected chi connectivity index (χ4v) is 2.60. The first-order chi connectivity index (χ1) is 10.1. The molecule has 7 nitrogen and oxygen atoms in total. The minimum Gasteiger partial charge on any atom is -0.344 e. The number of rotatable bonds is 7. The third-order valence-electron chi connectivity index (χ3n) is 4.39. The molecule has 0 atom stereocenters. The average Bonchev–Trinajstić information content (AvgIpc) is 2.71. The number of nitrogens with one attached hydrogen (secondary N) is 1. The van der Waals surface area contributed by atoms with Crippen molar-refractivity contribution in [2.24, 2.45) is 11.1 Å². The van der Waals surface area contributed by atoms with Gasteiger partial charge in [-0.25, -0.2) is 4.79 Å². The molecule has 1 heterocycles. The first kappa shape index (κ1) is 21.7. The van der Waals surface area contributed by atoms with Gasteiger partial charge in [0.15, 0.2) is 0 Å². The Kier molecular flexibility index (Phi) is 7.50. The highest BCUT2D eigenvalue weighted by Gasteiger charge is 2.49. The molecule has 1 aliphatic rings. The zero-order valence-electron chi connectivity index (χ0n) is 14.6. The molecule has 0 bridgehead atoms. The van der Waals surface area contributed by atoms with E-state index in [4.69, 9.17) is 5.73 Å². The number of nitrogens with two attached hydrogens (primary N) is 1. The molecule has 8 heteroatoms. The van der Waals surface area contributed by atoms with Crippen LogP contribution in [0.1, 0.15) is 40.5 Å². The van der Waals surface area contributed by atoms with Gasteiger partial charge in [0.25, 0.3) is 5.91 Å². The lowest BCUT2D eigenvalue weighted by Gasteiger charge is -2.30. The van der Waals surface area contributed by atoms with Crippen LogP contribution in [0.5, 0.6) is 0 Å². The Morgan fingerprint density at radius 2 is 1.83 bits per heavy atom. The van der Waals surface area contributed by atoms with Crippen molar-refractivity contribution in [3.8, 4) is 0 Å². The SMILES string of the molecule is CCC1(CC)NC(=O)N(CC(=O)N(C)CC(C)(C)CN)C1=O.Cl. The molecule has 134 valence electrons. The first-order valence-electron chi connectivity index (χ1n) is 7.70. The second-order valence-electron chi connectivity index (χ2n) is 6.73. The molecular formula is C15H29ClN4O3. The number of urea groups is 1. The summed E-state index contributed by atoms with van der Waals surface area (Å²) in [4.78, 5) is 39.3. The highest BCUT2D eigenvalue weighted by Crippen LogP contribution is 2.25. The molecule has 0 aromatic rings. The molecule has 0 aliphatic carbocycles. The van der Waals surface area contributed by atoms with Gasteiger partial charge in [-0.15, -0.1) is 12.4 Å². The molecule has 1 saturated heterocycles. The average molecular weight is 349 g/mol. The van der Waals surface area contributed by atoms with E-state index in [1.54, 1.807) is 7.05 Å². The summed E-state index contributed by atoms with van der Waals surface area (Å²) in [5.74, 6) is -0.588. The Balaban J connectivity index is 0.00000484. The van der Waals surface area contributed by atoms with Crippen LogP contribution in [0.3, 0.4) is 0 Å². The molecule has 0 spiro atoms. The number of carbonyl (C=O) groups is 3. The van der Waals surface area contributed by atoms with Gasteiger partial charge in [0.1, 0.15) is 12.1 Å². The zero-order valence-corrected chi connectivity index (χ0v) is 15.5. The molecule has 1 fully saturated rings. The summed E-state index contributed by atoms with van der Waals surface area (Å²) >= 11 is 0. The van der Waals surface area contributed by atoms with Gasteiger partial charge in [-0.2, -0.15) is 0 Å². The van der Waals surface area contributed by atoms with E-state index < -0.39 is 11.6 Å². The van der Waals surface area contributed by atoms with Crippen LogP contribution < -0.4 is 11.1 Å². The maximum Gasteiger partial charge on any atom is 0.325 e. The van der Waals surface area contributed by atoms with Gasteiger partial charge in [0, 0.05) is 13.6 Å². The summed E-state index contributed by atoms with van der Waals surface area (Å²) in [6.07, 6.45) is 1.02. The molecule has 0 radical (unpaired) electrons. The summed E-state index contributed by atoms with van der Waals surface area (Å²) in [6.45, 7) is 8.31. The highest BCUT2D eigenvalue weighted by atomic mass is 35.5. The topological polar surface area (TPSA) is 95.7 Å². The van der Waals surface area contributed by atoms with Gasteiger partial charge < -0.3 is 16.0 Å². The van der Waals surface area contributed by atoms with Crippen LogP contribution in [0.4, 0.5) is 4.79 Å². The third kappa shape index (κ3) is 4.57. The summed E-state index contributed by atoms with van der Waals surface area (Å²) in [5, 5.41) is 2.72. The van der Waals surface area contributed by atoms with Crippen LogP contribution in [0.2, 0.25) is 0 Å². The smallest absolute Gasteiger partial charge is 0.325 e. The molecule has 1 aliphatic heterocycles. The molecule has 0 unspecified atom stereocenters. The van der Waals surface area contributed by atoms with Crippen molar-refractivity contribution in [2.45, 2.75) is 46.1 Å². The van der Waals surface area contributed by atoms with Crippen molar-refractivity contribution in [3.05, 3.63) is 0 Å². The van der Waals surface area contributed by atoms with Crippen molar-refractivity contribution in [1.29, 1.82) is 0 Å². The van der Waals surface area contributed by atoms with Gasteiger partial charge in [0.2, 0.25) is 5.91 Å². The van der Waals surface area contributed by atoms with Crippen molar-refractivity contribution >= 4 is 30.3 Å². The fourth-order valence-electron chi connectivity index (χ4n) is 2.60. The predicted molar refractivity (Wildman–Crippen MR) is 91.3 cm³/mol. The van der Waals surface area contributed by atoms with Crippen LogP contribution in [-0.2, 0) is 9.59 Å². The lowest BCUT2D eigenvalue weighted by Crippen LogP contribution is -2.47. The number of amides is 4. The van der Waals surface area contributed by atoms with Gasteiger partial charge in [-0.3, -0.25) is 14.5 Å². The van der Waals surface area contributed by atoms with Crippen molar-refractivity contribution in [2.75, 3.05) is 26.7 Å². The van der Waals surface area contributed by atoms with E-state index in [1.165, 1.54) is 4.90 Å². The minimum atomic E-state index is -0.869. The standard InChI is InChI=1S/C15H28N4O3.ClH/c1-6-15(7-2)12(21)19(13(22)17-15)8-11(20)18(5)10-14(3,4)9-16;/h6-10,16H2,1-5H3,(H,17,22);1H. The van der Waals surface area contributed by atoms with E-state index in [0.717, 1.165) is 4.90 Å². The van der Waals surface area contributed by atoms with Crippen LogP contribution >= 0.6 is 12.4 Å². The second kappa shape index (κ2) is 7.97. The number of hydrogen-bond acceptors (Lipinski definition) is 4. The monoisotopic (exact) mass is 348 g/mol. The van der Waals surface area contributed by atoms with Gasteiger partial charge in [0.05, 0.1) is 0 Å². The molecule has 0 aromatic heterocycles. The van der Waals surface area contributed by atoms with Crippen LogP contribution in [0, 0.1) is 5.41 Å². The number of hydrogen-bond donors (Lipinski definition) is 2. The van der Waals surface area contributed by atoms with E-state index in [1.807, 2.05) is 27.7 Å². The van der Waals surface area contributed by atoms with Crippen LogP contribution in [0.15, 0.2) is 0 Å². The summed E-state index contributed by atoms with van der Waals surface area (Å²) < 4.78 is 0. The second-order valence-corrected chi connectivity index (χ2v) is 6.73. The van der Waals surface area contributed by atoms with E-state index in [-0.39, 0.29) is 36.2 Å². The number of imide groups is 1. The zero-order chi connectivity index (χ0) is 17.1. The summed E-state index contributed by atoms with van der Waals surface area (Å²) in [5.41, 5.74) is 4.59. The van der Waals surface area contributed by atoms with E-state index in [2.05, 4.69) is 5.32 Å². The number of likely N-dealkylation sites (N-methyl/N-ethyl adjacent to an activating group) is 1. The van der Waals surface area contributed by atoms with Crippen LogP contribution in [0.25, 0.3) is 0 Å². The Morgan fingerprint density at radius 1 is 1.30 bits per heavy atom. The van der Waals surface area contributed by atoms with Gasteiger partial charge in [-0.1, -0.05) is 27.7 Å². The van der Waals surface area contributed by atoms with Crippen molar-refractivity contribution < 1.29 is 14.4 Å². The highest BCUT2D eigenvalue weighted by molar-refractivity contribution is 6.08. The number of nitrogens with zero attached hydrogens (tertiary/aromatic N) is 2. The molecule has 23 heavy (non-hydrogen) atoms. The largest absolute Gasteiger partial charge is 0.344 e. The Morgan fingerprint density at radius 3 is 2.22 bits per heavy atom. The molecule has 3 N–H and O–H groups in total. The van der Waals surface area contributed by atoms with Crippen LogP contribution in [-0.4, -0.2) is 59.9 Å². The summed E-state index contributed by atoms with van der Waals surface area (Å²) in [6, 6.07) is -0.492. The molecule has 4 amide bonds. The third-order valence-corrected chi connectivity index (χ3v) is 4.39. The van der Waals surface area contributed by atoms with E-state index in [9.17, 15) is 14.4 Å². The number of halogens is 1. The fraction of sp³-hybridized carbons (Fsp3) is 0.800. The molecular weight excluding hydrogens is 320 g/mol. The van der Waals surface area contributed by atoms with E-state index >= 15 is 0 Å². The normalized spacial score (nSPS) is 16.9. The Bertz CT molecular complexity index is 464. The molecule has 0 saturated carbocycles. The number of carbonyl (C=O) groups excluding carboxylic acids is 3. The Labute approximate surface area is 144 Å². The maximum atomic E-state index is 12.5. The maximum absolute atomic E-state index is 12.5. The quantitative estimate of drug-likeness (QED) is 0.670. The van der Waals surface area contributed by atoms with Gasteiger partial charge >= 0.3 is 6.03 Å². The van der Waals surface area contributed by atoms with Crippen molar-refractivity contribution in [1.82, 2.24) is 15.1 Å². The summed E-state index contributed by atoms with van der Waals surface area (Å²) in [7, 11) is 1.66. The minimum absolute atomic E-state index is 0. The van der Waals surface area contributed by atoms with Crippen molar-refractivity contribution in [3.63, 3.8) is 0 Å². The lowest BCUT2D eigenvalue weighted by molar-refractivity contribution is -0.139. The lowest BCUT2D eigenvalue weighted by atomic mass is 9.93. The predicted octanol–water partition coefficient (Wildman–Crippen LogP) is 0.962. The van der Waals surface area contributed by atoms with Gasteiger partial charge in [-0.05, 0) is 24.8 Å². The van der Waals surface area contributed by atoms with E-state index in [0.29, 0.717) is 25.9 Å².